The Bertz CT molecular complexity index is 156. The quantitative estimate of drug-likeness (QED) is 0.486. The van der Waals surface area contributed by atoms with Gasteiger partial charge < -0.3 is 4.90 Å². The Morgan fingerprint density at radius 2 is 1.86 bits per heavy atom. The highest BCUT2D eigenvalue weighted by molar-refractivity contribution is 6.17. The molecule has 0 saturated carbocycles. The third-order valence-electron chi connectivity index (χ3n) is 3.11. The van der Waals surface area contributed by atoms with Crippen LogP contribution in [-0.2, 0) is 0 Å². The van der Waals surface area contributed by atoms with E-state index >= 15 is 0 Å². The third kappa shape index (κ3) is 4.65. The zero-order chi connectivity index (χ0) is 10.4. The molecule has 0 aromatic rings. The molecule has 1 aliphatic heterocycles. The zero-order valence-electron chi connectivity index (χ0n) is 9.69. The Labute approximate surface area is 93.8 Å². The second-order valence-electron chi connectivity index (χ2n) is 5.29. The first-order chi connectivity index (χ1) is 6.64. The lowest BCUT2D eigenvalue weighted by atomic mass is 9.93. The minimum atomic E-state index is 0.566. The average Bonchev–Trinajstić information content (AvgIpc) is 2.45. The van der Waals surface area contributed by atoms with E-state index in [-0.39, 0.29) is 0 Å². The van der Waals surface area contributed by atoms with Crippen LogP contribution in [0.2, 0.25) is 0 Å². The van der Waals surface area contributed by atoms with Crippen molar-refractivity contribution in [2.24, 2.45) is 5.41 Å². The SMILES string of the molecule is CC1(C)CCN(CCCCCCCl)C1. The van der Waals surface area contributed by atoms with Crippen molar-refractivity contribution in [3.63, 3.8) is 0 Å². The summed E-state index contributed by atoms with van der Waals surface area (Å²) in [6.07, 6.45) is 6.57. The summed E-state index contributed by atoms with van der Waals surface area (Å²) < 4.78 is 0. The van der Waals surface area contributed by atoms with Gasteiger partial charge in [0.2, 0.25) is 0 Å². The smallest absolute Gasteiger partial charge is 0.0223 e. The summed E-state index contributed by atoms with van der Waals surface area (Å²) in [6, 6.07) is 0. The van der Waals surface area contributed by atoms with Crippen molar-refractivity contribution < 1.29 is 0 Å². The molecule has 84 valence electrons. The van der Waals surface area contributed by atoms with Gasteiger partial charge in [0.1, 0.15) is 0 Å². The molecule has 1 nitrogen and oxygen atoms in total. The lowest BCUT2D eigenvalue weighted by molar-refractivity contribution is 0.285. The highest BCUT2D eigenvalue weighted by atomic mass is 35.5. The lowest BCUT2D eigenvalue weighted by Crippen LogP contribution is -2.24. The van der Waals surface area contributed by atoms with Crippen LogP contribution in [0.25, 0.3) is 0 Å². The van der Waals surface area contributed by atoms with E-state index in [0.29, 0.717) is 5.41 Å². The fraction of sp³-hybridized carbons (Fsp3) is 1.00. The molecule has 1 aliphatic rings. The van der Waals surface area contributed by atoms with Gasteiger partial charge in [0.25, 0.3) is 0 Å². The number of alkyl halides is 1. The minimum Gasteiger partial charge on any atom is -0.303 e. The molecule has 1 saturated heterocycles. The molecule has 0 aromatic carbocycles. The molecule has 14 heavy (non-hydrogen) atoms. The Morgan fingerprint density at radius 1 is 1.14 bits per heavy atom. The van der Waals surface area contributed by atoms with Gasteiger partial charge in [-0.3, -0.25) is 0 Å². The van der Waals surface area contributed by atoms with Crippen LogP contribution >= 0.6 is 11.6 Å². The van der Waals surface area contributed by atoms with Crippen molar-refractivity contribution in [3.8, 4) is 0 Å². The lowest BCUT2D eigenvalue weighted by Gasteiger charge is -2.19. The molecule has 0 bridgehead atoms. The Kier molecular flexibility index (Phi) is 5.25. The van der Waals surface area contributed by atoms with Gasteiger partial charge in [-0.05, 0) is 37.8 Å². The van der Waals surface area contributed by atoms with Crippen LogP contribution in [0.15, 0.2) is 0 Å². The van der Waals surface area contributed by atoms with Crippen LogP contribution in [-0.4, -0.2) is 30.4 Å². The molecular formula is C12H24ClN. The highest BCUT2D eigenvalue weighted by Gasteiger charge is 2.28. The summed E-state index contributed by atoms with van der Waals surface area (Å²) in [7, 11) is 0. The van der Waals surface area contributed by atoms with Crippen molar-refractivity contribution in [2.75, 3.05) is 25.5 Å². The van der Waals surface area contributed by atoms with Crippen LogP contribution in [0.4, 0.5) is 0 Å². The van der Waals surface area contributed by atoms with Crippen molar-refractivity contribution >= 4 is 11.6 Å². The first-order valence-corrected chi connectivity index (χ1v) is 6.46. The fourth-order valence-corrected chi connectivity index (χ4v) is 2.39. The maximum atomic E-state index is 5.63. The van der Waals surface area contributed by atoms with Gasteiger partial charge in [-0.15, -0.1) is 11.6 Å². The van der Waals surface area contributed by atoms with Gasteiger partial charge in [0, 0.05) is 12.4 Å². The average molecular weight is 218 g/mol. The summed E-state index contributed by atoms with van der Waals surface area (Å²) in [5, 5.41) is 0. The molecule has 0 spiro atoms. The van der Waals surface area contributed by atoms with Gasteiger partial charge in [0.05, 0.1) is 0 Å². The molecular weight excluding hydrogens is 194 g/mol. The molecule has 0 N–H and O–H groups in total. The maximum absolute atomic E-state index is 5.63. The topological polar surface area (TPSA) is 3.24 Å². The summed E-state index contributed by atoms with van der Waals surface area (Å²) in [5.41, 5.74) is 0.566. The molecule has 0 aliphatic carbocycles. The van der Waals surface area contributed by atoms with Crippen molar-refractivity contribution in [3.05, 3.63) is 0 Å². The number of unbranched alkanes of at least 4 members (excludes halogenated alkanes) is 3. The summed E-state index contributed by atoms with van der Waals surface area (Å²) in [4.78, 5) is 2.61. The molecule has 0 unspecified atom stereocenters. The molecule has 1 rings (SSSR count). The van der Waals surface area contributed by atoms with Crippen LogP contribution in [0.5, 0.6) is 0 Å². The van der Waals surface area contributed by atoms with E-state index in [1.165, 1.54) is 51.7 Å². The van der Waals surface area contributed by atoms with Gasteiger partial charge in [-0.2, -0.15) is 0 Å². The Morgan fingerprint density at radius 3 is 2.43 bits per heavy atom. The molecule has 0 amide bonds. The second-order valence-corrected chi connectivity index (χ2v) is 5.67. The largest absolute Gasteiger partial charge is 0.303 e. The summed E-state index contributed by atoms with van der Waals surface area (Å²) in [6.45, 7) is 8.65. The van der Waals surface area contributed by atoms with Crippen molar-refractivity contribution in [2.45, 2.75) is 46.0 Å². The van der Waals surface area contributed by atoms with Gasteiger partial charge >= 0.3 is 0 Å². The molecule has 0 atom stereocenters. The summed E-state index contributed by atoms with van der Waals surface area (Å²) in [5.74, 6) is 0.830. The fourth-order valence-electron chi connectivity index (χ4n) is 2.20. The molecule has 1 heterocycles. The highest BCUT2D eigenvalue weighted by Crippen LogP contribution is 2.28. The van der Waals surface area contributed by atoms with Crippen LogP contribution in [0.1, 0.15) is 46.0 Å². The monoisotopic (exact) mass is 217 g/mol. The van der Waals surface area contributed by atoms with Crippen LogP contribution in [0.3, 0.4) is 0 Å². The number of likely N-dealkylation sites (tertiary alicyclic amines) is 1. The van der Waals surface area contributed by atoms with Crippen molar-refractivity contribution in [1.82, 2.24) is 4.90 Å². The Hall–Kier alpha value is 0.250. The second kappa shape index (κ2) is 5.97. The van der Waals surface area contributed by atoms with E-state index in [1.807, 2.05) is 0 Å². The first kappa shape index (κ1) is 12.3. The van der Waals surface area contributed by atoms with E-state index in [2.05, 4.69) is 18.7 Å². The van der Waals surface area contributed by atoms with E-state index in [9.17, 15) is 0 Å². The molecule has 1 fully saturated rings. The molecule has 0 aromatic heterocycles. The number of rotatable bonds is 6. The number of hydrogen-bond donors (Lipinski definition) is 0. The maximum Gasteiger partial charge on any atom is 0.0223 e. The number of nitrogens with zero attached hydrogens (tertiary/aromatic N) is 1. The van der Waals surface area contributed by atoms with E-state index < -0.39 is 0 Å². The molecule has 2 heteroatoms. The Balaban J connectivity index is 1.98. The standard InChI is InChI=1S/C12H24ClN/c1-12(2)7-10-14(11-12)9-6-4-3-5-8-13/h3-11H2,1-2H3. The predicted octanol–water partition coefficient (Wildman–Crippen LogP) is 3.52. The van der Waals surface area contributed by atoms with Gasteiger partial charge in [-0.25, -0.2) is 0 Å². The normalized spacial score (nSPS) is 21.6. The van der Waals surface area contributed by atoms with Crippen molar-refractivity contribution in [1.29, 1.82) is 0 Å². The van der Waals surface area contributed by atoms with Gasteiger partial charge in [-0.1, -0.05) is 26.7 Å². The van der Waals surface area contributed by atoms with E-state index in [0.717, 1.165) is 5.88 Å². The zero-order valence-corrected chi connectivity index (χ0v) is 10.4. The van der Waals surface area contributed by atoms with Crippen LogP contribution in [0, 0.1) is 5.41 Å². The molecule has 0 radical (unpaired) electrons. The third-order valence-corrected chi connectivity index (χ3v) is 3.38. The predicted molar refractivity (Wildman–Crippen MR) is 64.0 cm³/mol. The first-order valence-electron chi connectivity index (χ1n) is 5.92. The number of halogens is 1. The van der Waals surface area contributed by atoms with E-state index in [4.69, 9.17) is 11.6 Å². The summed E-state index contributed by atoms with van der Waals surface area (Å²) >= 11 is 5.63. The van der Waals surface area contributed by atoms with Gasteiger partial charge in [0.15, 0.2) is 0 Å². The number of hydrogen-bond acceptors (Lipinski definition) is 1. The minimum absolute atomic E-state index is 0.566. The van der Waals surface area contributed by atoms with Crippen LogP contribution < -0.4 is 0 Å². The van der Waals surface area contributed by atoms with E-state index in [1.54, 1.807) is 0 Å².